The molecule has 1 amide bonds. The predicted molar refractivity (Wildman–Crippen MR) is 89.8 cm³/mol. The number of nitrogens with two attached hydrogens (primary N) is 1. The summed E-state index contributed by atoms with van der Waals surface area (Å²) in [7, 11) is 0. The Morgan fingerprint density at radius 1 is 1.25 bits per heavy atom. The zero-order valence-electron chi connectivity index (χ0n) is 14.3. The molecule has 2 fully saturated rings. The Kier molecular flexibility index (Phi) is 5.84. The Bertz CT molecular complexity index is 533. The molecule has 1 aliphatic heterocycles. The van der Waals surface area contributed by atoms with Crippen LogP contribution in [0.15, 0.2) is 6.20 Å². The van der Waals surface area contributed by atoms with Gasteiger partial charge in [-0.05, 0) is 37.5 Å². The SMILES string of the molecule is N[C@H](C(=O)N1CCC(Cn2cc(CO)nn2)CC1)C1CCCCC1. The number of likely N-dealkylation sites (tertiary alicyclic amines) is 1. The number of aromatic nitrogens is 3. The van der Waals surface area contributed by atoms with E-state index in [2.05, 4.69) is 10.3 Å². The number of aliphatic hydroxyl groups excluding tert-OH is 1. The third kappa shape index (κ3) is 4.13. The quantitative estimate of drug-likeness (QED) is 0.834. The fraction of sp³-hybridized carbons (Fsp3) is 0.824. The van der Waals surface area contributed by atoms with E-state index >= 15 is 0 Å². The summed E-state index contributed by atoms with van der Waals surface area (Å²) in [5, 5.41) is 17.0. The molecule has 3 N–H and O–H groups in total. The van der Waals surface area contributed by atoms with Crippen LogP contribution >= 0.6 is 0 Å². The van der Waals surface area contributed by atoms with Crippen molar-refractivity contribution in [2.24, 2.45) is 17.6 Å². The molecule has 3 rings (SSSR count). The standard InChI is InChI=1S/C17H29N5O2/c18-16(14-4-2-1-3-5-14)17(24)21-8-6-13(7-9-21)10-22-11-15(12-23)19-20-22/h11,13-14,16,23H,1-10,12,18H2/t16-/m0/s1. The van der Waals surface area contributed by atoms with Gasteiger partial charge in [0.15, 0.2) is 0 Å². The molecule has 2 heterocycles. The van der Waals surface area contributed by atoms with Crippen LogP contribution in [0.25, 0.3) is 0 Å². The van der Waals surface area contributed by atoms with Crippen LogP contribution in [0.2, 0.25) is 0 Å². The van der Waals surface area contributed by atoms with Crippen LogP contribution in [-0.4, -0.2) is 50.0 Å². The highest BCUT2D eigenvalue weighted by Gasteiger charge is 2.31. The molecule has 1 aromatic rings. The lowest BCUT2D eigenvalue weighted by atomic mass is 9.83. The lowest BCUT2D eigenvalue weighted by molar-refractivity contribution is -0.135. The maximum Gasteiger partial charge on any atom is 0.239 e. The molecule has 0 aromatic carbocycles. The first-order valence-electron chi connectivity index (χ1n) is 9.21. The molecular formula is C17H29N5O2. The molecule has 1 aliphatic carbocycles. The summed E-state index contributed by atoms with van der Waals surface area (Å²) in [5.41, 5.74) is 6.86. The number of hydrogen-bond acceptors (Lipinski definition) is 5. The second-order valence-electron chi connectivity index (χ2n) is 7.28. The first-order valence-corrected chi connectivity index (χ1v) is 9.21. The third-order valence-corrected chi connectivity index (χ3v) is 5.56. The fourth-order valence-corrected chi connectivity index (χ4v) is 4.01. The third-order valence-electron chi connectivity index (χ3n) is 5.56. The number of aliphatic hydroxyl groups is 1. The molecule has 0 radical (unpaired) electrons. The average Bonchev–Trinajstić information content (AvgIpc) is 3.09. The number of piperidine rings is 1. The van der Waals surface area contributed by atoms with E-state index < -0.39 is 0 Å². The van der Waals surface area contributed by atoms with Crippen LogP contribution in [0.3, 0.4) is 0 Å². The Labute approximate surface area is 143 Å². The number of carbonyl (C=O) groups excluding carboxylic acids is 1. The minimum atomic E-state index is -0.315. The molecule has 0 spiro atoms. The number of rotatable bonds is 5. The zero-order chi connectivity index (χ0) is 16.9. The summed E-state index contributed by atoms with van der Waals surface area (Å²) in [6.07, 6.45) is 9.63. The Morgan fingerprint density at radius 2 is 1.96 bits per heavy atom. The molecule has 7 nitrogen and oxygen atoms in total. The summed E-state index contributed by atoms with van der Waals surface area (Å²) >= 11 is 0. The van der Waals surface area contributed by atoms with Gasteiger partial charge < -0.3 is 15.7 Å². The second-order valence-corrected chi connectivity index (χ2v) is 7.28. The molecule has 24 heavy (non-hydrogen) atoms. The van der Waals surface area contributed by atoms with Crippen molar-refractivity contribution in [2.75, 3.05) is 13.1 Å². The van der Waals surface area contributed by atoms with Gasteiger partial charge in [-0.25, -0.2) is 0 Å². The van der Waals surface area contributed by atoms with E-state index in [0.717, 1.165) is 45.3 Å². The highest BCUT2D eigenvalue weighted by Crippen LogP contribution is 2.27. The minimum absolute atomic E-state index is 0.0774. The van der Waals surface area contributed by atoms with Gasteiger partial charge in [0, 0.05) is 19.6 Å². The molecule has 1 saturated carbocycles. The normalized spacial score (nSPS) is 21.8. The van der Waals surface area contributed by atoms with Gasteiger partial charge in [-0.3, -0.25) is 9.48 Å². The topological polar surface area (TPSA) is 97.3 Å². The monoisotopic (exact) mass is 335 g/mol. The van der Waals surface area contributed by atoms with Crippen molar-refractivity contribution in [1.82, 2.24) is 19.9 Å². The van der Waals surface area contributed by atoms with Crippen LogP contribution in [0.5, 0.6) is 0 Å². The molecule has 134 valence electrons. The van der Waals surface area contributed by atoms with Crippen molar-refractivity contribution in [2.45, 2.75) is 64.1 Å². The van der Waals surface area contributed by atoms with Gasteiger partial charge in [-0.1, -0.05) is 24.5 Å². The maximum atomic E-state index is 12.7. The van der Waals surface area contributed by atoms with E-state index in [1.165, 1.54) is 19.3 Å². The highest BCUT2D eigenvalue weighted by molar-refractivity contribution is 5.82. The van der Waals surface area contributed by atoms with Crippen molar-refractivity contribution < 1.29 is 9.90 Å². The van der Waals surface area contributed by atoms with E-state index in [-0.39, 0.29) is 18.6 Å². The van der Waals surface area contributed by atoms with Gasteiger partial charge in [0.1, 0.15) is 5.69 Å². The Morgan fingerprint density at radius 3 is 2.58 bits per heavy atom. The van der Waals surface area contributed by atoms with Crippen molar-refractivity contribution in [3.63, 3.8) is 0 Å². The summed E-state index contributed by atoms with van der Waals surface area (Å²) in [6, 6.07) is -0.315. The van der Waals surface area contributed by atoms with E-state index in [1.807, 2.05) is 4.90 Å². The largest absolute Gasteiger partial charge is 0.390 e. The molecule has 1 saturated heterocycles. The lowest BCUT2D eigenvalue weighted by Crippen LogP contribution is -2.50. The maximum absolute atomic E-state index is 12.7. The summed E-state index contributed by atoms with van der Waals surface area (Å²) in [4.78, 5) is 14.6. The fourth-order valence-electron chi connectivity index (χ4n) is 4.01. The van der Waals surface area contributed by atoms with Gasteiger partial charge in [0.2, 0.25) is 5.91 Å². The molecule has 2 aliphatic rings. The number of carbonyl (C=O) groups is 1. The smallest absolute Gasteiger partial charge is 0.239 e. The van der Waals surface area contributed by atoms with Crippen molar-refractivity contribution in [3.8, 4) is 0 Å². The zero-order valence-corrected chi connectivity index (χ0v) is 14.3. The summed E-state index contributed by atoms with van der Waals surface area (Å²) < 4.78 is 1.79. The first-order chi connectivity index (χ1) is 11.7. The predicted octanol–water partition coefficient (Wildman–Crippen LogP) is 0.917. The molecule has 1 atom stereocenters. The van der Waals surface area contributed by atoms with Crippen LogP contribution in [0, 0.1) is 11.8 Å². The molecule has 1 aromatic heterocycles. The molecule has 0 unspecified atom stereocenters. The Hall–Kier alpha value is -1.47. The van der Waals surface area contributed by atoms with E-state index in [9.17, 15) is 4.79 Å². The Balaban J connectivity index is 1.46. The molecule has 0 bridgehead atoms. The average molecular weight is 335 g/mol. The first kappa shape index (κ1) is 17.4. The minimum Gasteiger partial charge on any atom is -0.390 e. The van der Waals surface area contributed by atoms with Gasteiger partial charge >= 0.3 is 0 Å². The van der Waals surface area contributed by atoms with Gasteiger partial charge in [0.25, 0.3) is 0 Å². The number of amides is 1. The van der Waals surface area contributed by atoms with Gasteiger partial charge in [0.05, 0.1) is 18.8 Å². The van der Waals surface area contributed by atoms with Crippen molar-refractivity contribution in [1.29, 1.82) is 0 Å². The van der Waals surface area contributed by atoms with Crippen LogP contribution in [-0.2, 0) is 17.9 Å². The molecular weight excluding hydrogens is 306 g/mol. The van der Waals surface area contributed by atoms with E-state index in [4.69, 9.17) is 10.8 Å². The second kappa shape index (κ2) is 8.07. The van der Waals surface area contributed by atoms with Crippen LogP contribution < -0.4 is 5.73 Å². The highest BCUT2D eigenvalue weighted by atomic mass is 16.3. The van der Waals surface area contributed by atoms with Gasteiger partial charge in [-0.2, -0.15) is 0 Å². The van der Waals surface area contributed by atoms with Crippen molar-refractivity contribution >= 4 is 5.91 Å². The van der Waals surface area contributed by atoms with Gasteiger partial charge in [-0.15, -0.1) is 5.10 Å². The summed E-state index contributed by atoms with van der Waals surface area (Å²) in [6.45, 7) is 2.28. The molecule has 7 heteroatoms. The lowest BCUT2D eigenvalue weighted by Gasteiger charge is -2.36. The van der Waals surface area contributed by atoms with E-state index in [0.29, 0.717) is 17.5 Å². The summed E-state index contributed by atoms with van der Waals surface area (Å²) in [5.74, 6) is 1.01. The van der Waals surface area contributed by atoms with Crippen LogP contribution in [0.4, 0.5) is 0 Å². The van der Waals surface area contributed by atoms with E-state index in [1.54, 1.807) is 10.9 Å². The van der Waals surface area contributed by atoms with Crippen molar-refractivity contribution in [3.05, 3.63) is 11.9 Å². The number of nitrogens with zero attached hydrogens (tertiary/aromatic N) is 4. The van der Waals surface area contributed by atoms with Crippen LogP contribution in [0.1, 0.15) is 50.6 Å². The number of hydrogen-bond donors (Lipinski definition) is 2.